The number of likely N-dealkylation sites (tertiary alicyclic amines) is 1. The van der Waals surface area contributed by atoms with E-state index in [1.165, 1.54) is 7.11 Å². The molecule has 2 aromatic rings. The number of hydrogen-bond acceptors (Lipinski definition) is 5. The predicted molar refractivity (Wildman–Crippen MR) is 83.0 cm³/mol. The number of esters is 1. The molecule has 1 aliphatic rings. The Morgan fingerprint density at radius 2 is 2.23 bits per heavy atom. The summed E-state index contributed by atoms with van der Waals surface area (Å²) in [5, 5.41) is 8.59. The Hall–Kier alpha value is -1.95. The zero-order valence-corrected chi connectivity index (χ0v) is 13.3. The van der Waals surface area contributed by atoms with Crippen LogP contribution in [0.15, 0.2) is 18.3 Å². The fraction of sp³-hybridized carbons (Fsp3) is 0.562. The zero-order valence-electron chi connectivity index (χ0n) is 13.3. The molecule has 1 saturated heterocycles. The highest BCUT2D eigenvalue weighted by molar-refractivity contribution is 5.95. The number of ether oxygens (including phenoxy) is 1. The Bertz CT molecular complexity index is 680. The van der Waals surface area contributed by atoms with Crippen LogP contribution in [0.3, 0.4) is 0 Å². The summed E-state index contributed by atoms with van der Waals surface area (Å²) in [4.78, 5) is 14.3. The van der Waals surface area contributed by atoms with Crippen molar-refractivity contribution in [2.75, 3.05) is 20.2 Å². The molecule has 0 spiro atoms. The third-order valence-electron chi connectivity index (χ3n) is 4.41. The molecule has 6 heteroatoms. The van der Waals surface area contributed by atoms with Crippen LogP contribution >= 0.6 is 0 Å². The number of methoxy groups -OCH3 is 1. The van der Waals surface area contributed by atoms with Gasteiger partial charge in [-0.2, -0.15) is 0 Å². The Morgan fingerprint density at radius 3 is 2.95 bits per heavy atom. The number of carbonyl (C=O) groups is 1. The lowest BCUT2D eigenvalue weighted by Crippen LogP contribution is -2.39. The van der Waals surface area contributed by atoms with Crippen LogP contribution in [-0.4, -0.2) is 51.7 Å². The Morgan fingerprint density at radius 1 is 1.41 bits per heavy atom. The molecule has 22 heavy (non-hydrogen) atoms. The molecule has 0 saturated carbocycles. The molecule has 0 aliphatic carbocycles. The molecule has 1 aliphatic heterocycles. The third-order valence-corrected chi connectivity index (χ3v) is 4.41. The van der Waals surface area contributed by atoms with Crippen LogP contribution in [0.1, 0.15) is 48.8 Å². The average Bonchev–Trinajstić information content (AvgIpc) is 2.98. The Balaban J connectivity index is 1.96. The molecule has 0 N–H and O–H groups in total. The quantitative estimate of drug-likeness (QED) is 0.813. The van der Waals surface area contributed by atoms with Crippen molar-refractivity contribution in [2.45, 2.75) is 38.6 Å². The highest BCUT2D eigenvalue weighted by Crippen LogP contribution is 2.27. The summed E-state index contributed by atoms with van der Waals surface area (Å²) in [5.74, 6) is 0.905. The van der Waals surface area contributed by atoms with Crippen molar-refractivity contribution in [1.29, 1.82) is 0 Å². The van der Waals surface area contributed by atoms with Gasteiger partial charge in [0.05, 0.1) is 7.11 Å². The van der Waals surface area contributed by atoms with Crippen molar-refractivity contribution < 1.29 is 9.53 Å². The number of carbonyl (C=O) groups excluding carboxylic acids is 1. The first-order valence-electron chi connectivity index (χ1n) is 7.77. The molecule has 1 unspecified atom stereocenters. The van der Waals surface area contributed by atoms with Crippen LogP contribution in [0, 0.1) is 0 Å². The van der Waals surface area contributed by atoms with Gasteiger partial charge in [-0.15, -0.1) is 10.2 Å². The minimum absolute atomic E-state index is 0.346. The highest BCUT2D eigenvalue weighted by atomic mass is 16.5. The van der Waals surface area contributed by atoms with Gasteiger partial charge in [-0.25, -0.2) is 4.79 Å². The van der Waals surface area contributed by atoms with Crippen molar-refractivity contribution in [3.8, 4) is 0 Å². The van der Waals surface area contributed by atoms with Gasteiger partial charge in [-0.1, -0.05) is 0 Å². The van der Waals surface area contributed by atoms with Crippen molar-refractivity contribution in [2.24, 2.45) is 0 Å². The monoisotopic (exact) mass is 302 g/mol. The van der Waals surface area contributed by atoms with Crippen LogP contribution in [0.5, 0.6) is 0 Å². The summed E-state index contributed by atoms with van der Waals surface area (Å²) in [6.07, 6.45) is 4.19. The van der Waals surface area contributed by atoms with Gasteiger partial charge in [0.15, 0.2) is 5.65 Å². The third kappa shape index (κ3) is 2.59. The summed E-state index contributed by atoms with van der Waals surface area (Å²) in [5.41, 5.74) is 1.03. The largest absolute Gasteiger partial charge is 0.465 e. The van der Waals surface area contributed by atoms with Crippen LogP contribution in [0.25, 0.3) is 5.65 Å². The van der Waals surface area contributed by atoms with E-state index < -0.39 is 0 Å². The lowest BCUT2D eigenvalue weighted by molar-refractivity contribution is 0.0602. The van der Waals surface area contributed by atoms with E-state index >= 15 is 0 Å². The first-order valence-corrected chi connectivity index (χ1v) is 7.77. The number of hydrogen-bond donors (Lipinski definition) is 0. The summed E-state index contributed by atoms with van der Waals surface area (Å²) in [6.45, 7) is 6.57. The molecule has 1 atom stereocenters. The minimum Gasteiger partial charge on any atom is -0.465 e. The molecular formula is C16H22N4O2. The number of piperidine rings is 1. The van der Waals surface area contributed by atoms with Crippen molar-refractivity contribution in [1.82, 2.24) is 19.5 Å². The smallest absolute Gasteiger partial charge is 0.341 e. The van der Waals surface area contributed by atoms with E-state index in [0.717, 1.165) is 31.8 Å². The molecule has 0 radical (unpaired) electrons. The van der Waals surface area contributed by atoms with Gasteiger partial charge in [0.2, 0.25) is 0 Å². The standard InChI is InChI=1S/C16H22N4O2/c1-11(2)19-8-4-6-12(10-19)14-17-18-15-13(16(21)22-3)7-5-9-20(14)15/h5,7,9,11-12H,4,6,8,10H2,1-3H3. The molecule has 3 rings (SSSR count). The van der Waals surface area contributed by atoms with Crippen LogP contribution in [-0.2, 0) is 4.74 Å². The zero-order chi connectivity index (χ0) is 15.7. The molecule has 0 aromatic carbocycles. The molecular weight excluding hydrogens is 280 g/mol. The van der Waals surface area contributed by atoms with E-state index in [9.17, 15) is 4.79 Å². The predicted octanol–water partition coefficient (Wildman–Crippen LogP) is 2.10. The van der Waals surface area contributed by atoms with Gasteiger partial charge >= 0.3 is 5.97 Å². The van der Waals surface area contributed by atoms with Gasteiger partial charge in [0.1, 0.15) is 11.4 Å². The van der Waals surface area contributed by atoms with Gasteiger partial charge in [-0.3, -0.25) is 4.40 Å². The maximum Gasteiger partial charge on any atom is 0.341 e. The van der Waals surface area contributed by atoms with Gasteiger partial charge in [0, 0.05) is 24.7 Å². The number of fused-ring (bicyclic) bond motifs is 1. The van der Waals surface area contributed by atoms with E-state index in [0.29, 0.717) is 23.2 Å². The number of rotatable bonds is 3. The maximum absolute atomic E-state index is 11.8. The first-order chi connectivity index (χ1) is 10.6. The number of nitrogens with zero attached hydrogens (tertiary/aromatic N) is 4. The lowest BCUT2D eigenvalue weighted by Gasteiger charge is -2.34. The molecule has 118 valence electrons. The average molecular weight is 302 g/mol. The first kappa shape index (κ1) is 15.0. The summed E-state index contributed by atoms with van der Waals surface area (Å²) in [7, 11) is 1.38. The fourth-order valence-electron chi connectivity index (χ4n) is 3.17. The SMILES string of the molecule is COC(=O)c1cccn2c(C3CCCN(C(C)C)C3)nnc12. The molecule has 0 bridgehead atoms. The van der Waals surface area contributed by atoms with E-state index in [2.05, 4.69) is 28.9 Å². The molecule has 0 amide bonds. The van der Waals surface area contributed by atoms with Gasteiger partial charge < -0.3 is 9.64 Å². The second kappa shape index (κ2) is 6.04. The van der Waals surface area contributed by atoms with E-state index in [4.69, 9.17) is 4.74 Å². The van der Waals surface area contributed by atoms with Crippen molar-refractivity contribution in [3.63, 3.8) is 0 Å². The number of pyridine rings is 1. The van der Waals surface area contributed by atoms with E-state index in [1.54, 1.807) is 6.07 Å². The number of aromatic nitrogens is 3. The maximum atomic E-state index is 11.8. The normalized spacial score (nSPS) is 19.7. The van der Waals surface area contributed by atoms with Crippen LogP contribution in [0.2, 0.25) is 0 Å². The van der Waals surface area contributed by atoms with E-state index in [1.807, 2.05) is 16.7 Å². The topological polar surface area (TPSA) is 59.7 Å². The minimum atomic E-state index is -0.378. The van der Waals surface area contributed by atoms with Gasteiger partial charge in [0.25, 0.3) is 0 Å². The van der Waals surface area contributed by atoms with Crippen LogP contribution in [0.4, 0.5) is 0 Å². The van der Waals surface area contributed by atoms with Crippen molar-refractivity contribution in [3.05, 3.63) is 29.7 Å². The molecule has 2 aromatic heterocycles. The van der Waals surface area contributed by atoms with Gasteiger partial charge in [-0.05, 0) is 45.4 Å². The fourth-order valence-corrected chi connectivity index (χ4v) is 3.17. The lowest BCUT2D eigenvalue weighted by atomic mass is 9.96. The Labute approximate surface area is 130 Å². The second-order valence-electron chi connectivity index (χ2n) is 6.09. The Kier molecular flexibility index (Phi) is 4.11. The summed E-state index contributed by atoms with van der Waals surface area (Å²) >= 11 is 0. The van der Waals surface area contributed by atoms with Crippen molar-refractivity contribution >= 4 is 11.6 Å². The highest BCUT2D eigenvalue weighted by Gasteiger charge is 2.27. The van der Waals surface area contributed by atoms with Crippen LogP contribution < -0.4 is 0 Å². The summed E-state index contributed by atoms with van der Waals surface area (Å²) in [6, 6.07) is 4.10. The van der Waals surface area contributed by atoms with E-state index in [-0.39, 0.29) is 5.97 Å². The molecule has 1 fully saturated rings. The molecule has 3 heterocycles. The summed E-state index contributed by atoms with van der Waals surface area (Å²) < 4.78 is 6.75. The second-order valence-corrected chi connectivity index (χ2v) is 6.09. The molecule has 6 nitrogen and oxygen atoms in total.